The number of aromatic nitrogens is 1. The Bertz CT molecular complexity index is 740. The van der Waals surface area contributed by atoms with Crippen LogP contribution in [0.5, 0.6) is 0 Å². The second-order valence-electron chi connectivity index (χ2n) is 4.75. The standard InChI is InChI=1S/C16H15N3OS/c1-10-6-12(3)13(7-11(10)2)8-14(9-17)15(20)19-16-18-4-5-21-16/h4-8H,1-3H3,(H,18,19,20). The van der Waals surface area contributed by atoms with Gasteiger partial charge in [0.05, 0.1) is 0 Å². The molecule has 0 aliphatic carbocycles. The van der Waals surface area contributed by atoms with Crippen LogP contribution in [0.1, 0.15) is 22.3 Å². The molecule has 1 N–H and O–H groups in total. The smallest absolute Gasteiger partial charge is 0.268 e. The first-order valence-electron chi connectivity index (χ1n) is 6.41. The highest BCUT2D eigenvalue weighted by atomic mass is 32.1. The SMILES string of the molecule is Cc1cc(C)c(C=C(C#N)C(=O)Nc2nccs2)cc1C. The van der Waals surface area contributed by atoms with Gasteiger partial charge >= 0.3 is 0 Å². The fraction of sp³-hybridized carbons (Fsp3) is 0.188. The lowest BCUT2D eigenvalue weighted by Crippen LogP contribution is -2.13. The van der Waals surface area contributed by atoms with Gasteiger partial charge in [-0.2, -0.15) is 5.26 Å². The highest BCUT2D eigenvalue weighted by Crippen LogP contribution is 2.19. The molecule has 0 bridgehead atoms. The number of carbonyl (C=O) groups excluding carboxylic acids is 1. The Morgan fingerprint density at radius 1 is 1.29 bits per heavy atom. The zero-order chi connectivity index (χ0) is 15.4. The van der Waals surface area contributed by atoms with Gasteiger partial charge in [0.1, 0.15) is 11.6 Å². The van der Waals surface area contributed by atoms with E-state index in [2.05, 4.69) is 16.4 Å². The maximum absolute atomic E-state index is 12.1. The van der Waals surface area contributed by atoms with E-state index >= 15 is 0 Å². The molecule has 1 aromatic carbocycles. The number of nitrogens with one attached hydrogen (secondary N) is 1. The maximum atomic E-state index is 12.1. The minimum atomic E-state index is -0.440. The van der Waals surface area contributed by atoms with Gasteiger partial charge in [0.2, 0.25) is 0 Å². The van der Waals surface area contributed by atoms with Gasteiger partial charge in [-0.3, -0.25) is 10.1 Å². The van der Waals surface area contributed by atoms with Crippen molar-refractivity contribution in [2.45, 2.75) is 20.8 Å². The van der Waals surface area contributed by atoms with Crippen molar-refractivity contribution in [1.29, 1.82) is 5.26 Å². The van der Waals surface area contributed by atoms with Crippen LogP contribution in [0.15, 0.2) is 29.3 Å². The summed E-state index contributed by atoms with van der Waals surface area (Å²) in [7, 11) is 0. The number of aryl methyl sites for hydroxylation is 3. The third-order valence-electron chi connectivity index (χ3n) is 3.20. The van der Waals surface area contributed by atoms with E-state index in [1.165, 1.54) is 16.9 Å². The molecule has 5 heteroatoms. The Morgan fingerprint density at radius 3 is 2.62 bits per heavy atom. The van der Waals surface area contributed by atoms with E-state index in [0.717, 1.165) is 16.7 Å². The summed E-state index contributed by atoms with van der Waals surface area (Å²) in [6.45, 7) is 6.01. The van der Waals surface area contributed by atoms with Crippen LogP contribution in [0.2, 0.25) is 0 Å². The summed E-state index contributed by atoms with van der Waals surface area (Å²) >= 11 is 1.31. The molecule has 21 heavy (non-hydrogen) atoms. The van der Waals surface area contributed by atoms with Crippen molar-refractivity contribution in [3.05, 3.63) is 51.5 Å². The number of thiazole rings is 1. The average molecular weight is 297 g/mol. The summed E-state index contributed by atoms with van der Waals surface area (Å²) in [4.78, 5) is 16.0. The predicted molar refractivity (Wildman–Crippen MR) is 85.0 cm³/mol. The Hall–Kier alpha value is -2.45. The molecule has 2 aromatic rings. The topological polar surface area (TPSA) is 65.8 Å². The van der Waals surface area contributed by atoms with Crippen LogP contribution >= 0.6 is 11.3 Å². The summed E-state index contributed by atoms with van der Waals surface area (Å²) in [6, 6.07) is 5.99. The lowest BCUT2D eigenvalue weighted by molar-refractivity contribution is -0.112. The number of nitrogens with zero attached hydrogens (tertiary/aromatic N) is 2. The van der Waals surface area contributed by atoms with Gasteiger partial charge in [-0.05, 0) is 49.1 Å². The number of carbonyl (C=O) groups is 1. The number of nitriles is 1. The summed E-state index contributed by atoms with van der Waals surface area (Å²) in [5, 5.41) is 14.1. The molecule has 1 amide bonds. The molecule has 0 aliphatic heterocycles. The number of anilines is 1. The first kappa shape index (κ1) is 14.9. The minimum Gasteiger partial charge on any atom is -0.297 e. The van der Waals surface area contributed by atoms with Crippen molar-refractivity contribution in [3.63, 3.8) is 0 Å². The van der Waals surface area contributed by atoms with E-state index in [1.54, 1.807) is 17.7 Å². The average Bonchev–Trinajstić information content (AvgIpc) is 2.94. The Morgan fingerprint density at radius 2 is 2.00 bits per heavy atom. The largest absolute Gasteiger partial charge is 0.297 e. The van der Waals surface area contributed by atoms with Gasteiger partial charge in [0, 0.05) is 11.6 Å². The Labute approximate surface area is 127 Å². The van der Waals surface area contributed by atoms with Crippen LogP contribution < -0.4 is 5.32 Å². The van der Waals surface area contributed by atoms with Crippen molar-refractivity contribution in [2.75, 3.05) is 5.32 Å². The van der Waals surface area contributed by atoms with Gasteiger partial charge in [0.25, 0.3) is 5.91 Å². The van der Waals surface area contributed by atoms with Crippen molar-refractivity contribution in [3.8, 4) is 6.07 Å². The summed E-state index contributed by atoms with van der Waals surface area (Å²) in [5.41, 5.74) is 4.30. The number of rotatable bonds is 3. The van der Waals surface area contributed by atoms with Crippen LogP contribution in [0, 0.1) is 32.1 Å². The Kier molecular flexibility index (Phi) is 4.51. The molecule has 0 saturated carbocycles. The van der Waals surface area contributed by atoms with E-state index < -0.39 is 5.91 Å². The summed E-state index contributed by atoms with van der Waals surface area (Å²) in [5.74, 6) is -0.440. The normalized spacial score (nSPS) is 11.0. The maximum Gasteiger partial charge on any atom is 0.268 e. The molecule has 0 spiro atoms. The molecule has 1 heterocycles. The zero-order valence-electron chi connectivity index (χ0n) is 12.1. The van der Waals surface area contributed by atoms with E-state index in [4.69, 9.17) is 0 Å². The molecule has 2 rings (SSSR count). The van der Waals surface area contributed by atoms with E-state index in [1.807, 2.05) is 32.9 Å². The fourth-order valence-electron chi connectivity index (χ4n) is 1.89. The minimum absolute atomic E-state index is 0.0663. The molecule has 0 unspecified atom stereocenters. The van der Waals surface area contributed by atoms with E-state index in [9.17, 15) is 10.1 Å². The van der Waals surface area contributed by atoms with Crippen LogP contribution in [0.25, 0.3) is 6.08 Å². The lowest BCUT2D eigenvalue weighted by Gasteiger charge is -2.07. The predicted octanol–water partition coefficient (Wildman–Crippen LogP) is 3.61. The van der Waals surface area contributed by atoms with Crippen LogP contribution in [0.3, 0.4) is 0 Å². The van der Waals surface area contributed by atoms with Gasteiger partial charge in [-0.1, -0.05) is 12.1 Å². The third kappa shape index (κ3) is 3.56. The zero-order valence-corrected chi connectivity index (χ0v) is 12.9. The Balaban J connectivity index is 2.31. The molecule has 0 atom stereocenters. The molecule has 0 radical (unpaired) electrons. The highest BCUT2D eigenvalue weighted by molar-refractivity contribution is 7.13. The first-order valence-corrected chi connectivity index (χ1v) is 7.29. The fourth-order valence-corrected chi connectivity index (χ4v) is 2.42. The van der Waals surface area contributed by atoms with Crippen molar-refractivity contribution in [1.82, 2.24) is 4.98 Å². The van der Waals surface area contributed by atoms with Crippen molar-refractivity contribution < 1.29 is 4.79 Å². The first-order chi connectivity index (χ1) is 10.0. The van der Waals surface area contributed by atoms with E-state index in [-0.39, 0.29) is 5.57 Å². The second kappa shape index (κ2) is 6.33. The molecular formula is C16H15N3OS. The number of hydrogen-bond donors (Lipinski definition) is 1. The van der Waals surface area contributed by atoms with Crippen LogP contribution in [-0.2, 0) is 4.79 Å². The number of benzene rings is 1. The number of amides is 1. The third-order valence-corrected chi connectivity index (χ3v) is 3.89. The molecule has 1 aromatic heterocycles. The summed E-state index contributed by atoms with van der Waals surface area (Å²) < 4.78 is 0. The summed E-state index contributed by atoms with van der Waals surface area (Å²) in [6.07, 6.45) is 3.22. The lowest BCUT2D eigenvalue weighted by atomic mass is 9.99. The second-order valence-corrected chi connectivity index (χ2v) is 5.65. The van der Waals surface area contributed by atoms with Crippen molar-refractivity contribution in [2.24, 2.45) is 0 Å². The highest BCUT2D eigenvalue weighted by Gasteiger charge is 2.11. The molecule has 4 nitrogen and oxygen atoms in total. The van der Waals surface area contributed by atoms with Crippen LogP contribution in [0.4, 0.5) is 5.13 Å². The van der Waals surface area contributed by atoms with Gasteiger partial charge in [-0.25, -0.2) is 4.98 Å². The molecule has 0 saturated heterocycles. The molecular weight excluding hydrogens is 282 g/mol. The van der Waals surface area contributed by atoms with Crippen molar-refractivity contribution >= 4 is 28.5 Å². The molecule has 106 valence electrons. The quantitative estimate of drug-likeness (QED) is 0.695. The van der Waals surface area contributed by atoms with E-state index in [0.29, 0.717) is 5.13 Å². The van der Waals surface area contributed by atoms with Crippen LogP contribution in [-0.4, -0.2) is 10.9 Å². The monoisotopic (exact) mass is 297 g/mol. The van der Waals surface area contributed by atoms with Gasteiger partial charge in [0.15, 0.2) is 5.13 Å². The number of hydrogen-bond acceptors (Lipinski definition) is 4. The van der Waals surface area contributed by atoms with Gasteiger partial charge in [-0.15, -0.1) is 11.3 Å². The van der Waals surface area contributed by atoms with Gasteiger partial charge < -0.3 is 0 Å². The molecule has 0 fully saturated rings. The molecule has 0 aliphatic rings.